The van der Waals surface area contributed by atoms with Crippen molar-refractivity contribution in [2.75, 3.05) is 11.4 Å². The summed E-state index contributed by atoms with van der Waals surface area (Å²) >= 11 is 4.52. The van der Waals surface area contributed by atoms with Crippen molar-refractivity contribution >= 4 is 34.4 Å². The predicted molar refractivity (Wildman–Crippen MR) is 94.3 cm³/mol. The topological polar surface area (TPSA) is 43.4 Å². The first-order valence-electron chi connectivity index (χ1n) is 7.69. The molecule has 0 radical (unpaired) electrons. The molecule has 0 N–H and O–H groups in total. The van der Waals surface area contributed by atoms with E-state index in [1.807, 2.05) is 30.3 Å². The molecule has 3 nitrogen and oxygen atoms in total. The highest BCUT2D eigenvalue weighted by Crippen LogP contribution is 2.28. The number of nitrogens with zero attached hydrogens (tertiary/aromatic N) is 1. The van der Waals surface area contributed by atoms with Gasteiger partial charge in [0, 0.05) is 23.7 Å². The summed E-state index contributed by atoms with van der Waals surface area (Å²) < 4.78 is 12.9. The predicted octanol–water partition coefficient (Wildman–Crippen LogP) is 4.03. The molecule has 0 spiro atoms. The molecule has 1 fully saturated rings. The molecule has 1 saturated heterocycles. The van der Waals surface area contributed by atoms with Gasteiger partial charge >= 0.3 is 0 Å². The molecule has 2 unspecified atom stereocenters. The van der Waals surface area contributed by atoms with Crippen LogP contribution in [0.5, 0.6) is 0 Å². The molecule has 1 aliphatic heterocycles. The molecule has 0 bridgehead atoms. The van der Waals surface area contributed by atoms with Gasteiger partial charge in [0.1, 0.15) is 0 Å². The van der Waals surface area contributed by atoms with Crippen molar-refractivity contribution in [2.24, 2.45) is 0 Å². The molecule has 1 aliphatic rings. The number of para-hydroxylation sites is 1. The molecular weight excluding hydrogens is 330 g/mol. The lowest BCUT2D eigenvalue weighted by Gasteiger charge is -2.25. The van der Waals surface area contributed by atoms with Gasteiger partial charge in [0.05, 0.1) is 0 Å². The van der Waals surface area contributed by atoms with Gasteiger partial charge < -0.3 is 9.45 Å². The van der Waals surface area contributed by atoms with E-state index in [1.165, 1.54) is 0 Å². The van der Waals surface area contributed by atoms with Crippen LogP contribution in [0.2, 0.25) is 5.02 Å². The van der Waals surface area contributed by atoms with E-state index in [0.29, 0.717) is 22.9 Å². The molecule has 2 aromatic rings. The Morgan fingerprint density at radius 3 is 2.43 bits per heavy atom. The summed E-state index contributed by atoms with van der Waals surface area (Å²) in [5, 5.41) is 0.0998. The lowest BCUT2D eigenvalue weighted by atomic mass is 10.2. The van der Waals surface area contributed by atoms with Crippen molar-refractivity contribution < 1.29 is 9.35 Å². The Kier molecular flexibility index (Phi) is 5.26. The van der Waals surface area contributed by atoms with Gasteiger partial charge in [-0.2, -0.15) is 0 Å². The van der Waals surface area contributed by atoms with Gasteiger partial charge in [0.2, 0.25) is 0 Å². The van der Waals surface area contributed by atoms with E-state index in [-0.39, 0.29) is 5.91 Å². The SMILES string of the molecule is O=C1C([S+]([O-])c2ccc(Cl)cc2)CCCCN1c1ccccc1. The average molecular weight is 348 g/mol. The smallest absolute Gasteiger partial charge is 0.280 e. The summed E-state index contributed by atoms with van der Waals surface area (Å²) in [7, 11) is 0. The number of anilines is 1. The molecule has 2 atom stereocenters. The highest BCUT2D eigenvalue weighted by atomic mass is 35.5. The number of hydrogen-bond acceptors (Lipinski definition) is 2. The third-order valence-corrected chi connectivity index (χ3v) is 5.95. The van der Waals surface area contributed by atoms with Crippen LogP contribution in [0.25, 0.3) is 0 Å². The van der Waals surface area contributed by atoms with Gasteiger partial charge in [-0.3, -0.25) is 4.79 Å². The van der Waals surface area contributed by atoms with Crippen molar-refractivity contribution in [3.05, 3.63) is 59.6 Å². The molecule has 2 aromatic carbocycles. The Morgan fingerprint density at radius 2 is 1.74 bits per heavy atom. The first-order chi connectivity index (χ1) is 11.2. The molecule has 1 amide bonds. The minimum absolute atomic E-state index is 0.0537. The van der Waals surface area contributed by atoms with Crippen LogP contribution in [0.1, 0.15) is 19.3 Å². The van der Waals surface area contributed by atoms with E-state index in [0.717, 1.165) is 18.5 Å². The Bertz CT molecular complexity index is 662. The summed E-state index contributed by atoms with van der Waals surface area (Å²) in [5.74, 6) is -0.0537. The maximum Gasteiger partial charge on any atom is 0.280 e. The molecule has 23 heavy (non-hydrogen) atoms. The number of carbonyl (C=O) groups is 1. The largest absolute Gasteiger partial charge is 0.611 e. The fourth-order valence-corrected chi connectivity index (χ4v) is 4.35. The van der Waals surface area contributed by atoms with Crippen molar-refractivity contribution in [1.29, 1.82) is 0 Å². The Hall–Kier alpha value is -1.49. The van der Waals surface area contributed by atoms with E-state index >= 15 is 0 Å². The fraction of sp³-hybridized carbons (Fsp3) is 0.278. The zero-order chi connectivity index (χ0) is 16.2. The van der Waals surface area contributed by atoms with Crippen molar-refractivity contribution in [3.63, 3.8) is 0 Å². The third kappa shape index (κ3) is 3.71. The van der Waals surface area contributed by atoms with Gasteiger partial charge in [-0.15, -0.1) is 0 Å². The summed E-state index contributed by atoms with van der Waals surface area (Å²) in [6.45, 7) is 0.678. The van der Waals surface area contributed by atoms with Crippen LogP contribution in [0.3, 0.4) is 0 Å². The van der Waals surface area contributed by atoms with E-state index < -0.39 is 16.4 Å². The molecule has 0 aromatic heterocycles. The van der Waals surface area contributed by atoms with Crippen LogP contribution in [0.15, 0.2) is 59.5 Å². The number of hydrogen-bond donors (Lipinski definition) is 0. The first kappa shape index (κ1) is 16.4. The van der Waals surface area contributed by atoms with Crippen LogP contribution in [0, 0.1) is 0 Å². The van der Waals surface area contributed by atoms with Crippen LogP contribution >= 0.6 is 11.6 Å². The normalized spacial score (nSPS) is 20.2. The second kappa shape index (κ2) is 7.39. The lowest BCUT2D eigenvalue weighted by molar-refractivity contribution is -0.118. The van der Waals surface area contributed by atoms with E-state index in [2.05, 4.69) is 0 Å². The van der Waals surface area contributed by atoms with Crippen molar-refractivity contribution in [1.82, 2.24) is 0 Å². The van der Waals surface area contributed by atoms with Crippen LogP contribution in [-0.2, 0) is 16.0 Å². The van der Waals surface area contributed by atoms with Gasteiger partial charge in [-0.1, -0.05) is 29.8 Å². The number of halogens is 1. The maximum atomic E-state index is 12.9. The maximum absolute atomic E-state index is 12.9. The molecule has 5 heteroatoms. The molecular formula is C18H18ClNO2S. The van der Waals surface area contributed by atoms with Gasteiger partial charge in [-0.25, -0.2) is 0 Å². The average Bonchev–Trinajstić information content (AvgIpc) is 2.77. The minimum Gasteiger partial charge on any atom is -0.611 e. The summed E-state index contributed by atoms with van der Waals surface area (Å²) in [4.78, 5) is 15.4. The first-order valence-corrected chi connectivity index (χ1v) is 9.28. The molecule has 0 aliphatic carbocycles. The fourth-order valence-electron chi connectivity index (χ4n) is 2.80. The van der Waals surface area contributed by atoms with Crippen molar-refractivity contribution in [3.8, 4) is 0 Å². The summed E-state index contributed by atoms with van der Waals surface area (Å²) in [5.41, 5.74) is 0.873. The zero-order valence-corrected chi connectivity index (χ0v) is 14.2. The van der Waals surface area contributed by atoms with Gasteiger partial charge in [0.25, 0.3) is 5.91 Å². The summed E-state index contributed by atoms with van der Waals surface area (Å²) in [6.07, 6.45) is 2.48. The third-order valence-electron chi connectivity index (χ3n) is 4.01. The monoisotopic (exact) mass is 347 g/mol. The van der Waals surface area contributed by atoms with Crippen LogP contribution in [0.4, 0.5) is 5.69 Å². The number of carbonyl (C=O) groups excluding carboxylic acids is 1. The molecule has 1 heterocycles. The van der Waals surface area contributed by atoms with Crippen molar-refractivity contribution in [2.45, 2.75) is 29.4 Å². The quantitative estimate of drug-likeness (QED) is 0.787. The second-order valence-electron chi connectivity index (χ2n) is 5.56. The van der Waals surface area contributed by atoms with Crippen LogP contribution < -0.4 is 4.90 Å². The van der Waals surface area contributed by atoms with E-state index in [4.69, 9.17) is 11.6 Å². The molecule has 120 valence electrons. The highest BCUT2D eigenvalue weighted by molar-refractivity contribution is 7.92. The van der Waals surface area contributed by atoms with Gasteiger partial charge in [0.15, 0.2) is 10.1 Å². The van der Waals surface area contributed by atoms with Gasteiger partial charge in [-0.05, 0) is 60.4 Å². The Morgan fingerprint density at radius 1 is 1.04 bits per heavy atom. The van der Waals surface area contributed by atoms with E-state index in [9.17, 15) is 9.35 Å². The molecule has 3 rings (SSSR count). The minimum atomic E-state index is -1.36. The number of amides is 1. The standard InChI is InChI=1S/C18H18ClNO2S/c19-14-9-11-16(12-10-14)23(22)17-8-4-5-13-20(18(17)21)15-6-2-1-3-7-15/h1-3,6-7,9-12,17H,4-5,8,13H2. The highest BCUT2D eigenvalue weighted by Gasteiger charge is 2.37. The zero-order valence-electron chi connectivity index (χ0n) is 12.7. The Labute approximate surface area is 144 Å². The Balaban J connectivity index is 1.86. The summed E-state index contributed by atoms with van der Waals surface area (Å²) in [6, 6.07) is 16.5. The second-order valence-corrected chi connectivity index (χ2v) is 7.63. The number of benzene rings is 2. The molecule has 0 saturated carbocycles. The lowest BCUT2D eigenvalue weighted by Crippen LogP contribution is -2.41. The number of rotatable bonds is 3. The van der Waals surface area contributed by atoms with E-state index in [1.54, 1.807) is 29.2 Å². The van der Waals surface area contributed by atoms with Crippen LogP contribution in [-0.4, -0.2) is 22.3 Å².